The number of Topliss-reactive ketones (excluding diaryl/α,β-unsaturated/α-hetero) is 1. The normalized spacial score (nSPS) is 17.0. The van der Waals surface area contributed by atoms with Gasteiger partial charge in [0.05, 0.1) is 16.8 Å². The Bertz CT molecular complexity index is 490. The third kappa shape index (κ3) is 2.79. The number of para-hydroxylation sites is 1. The standard InChI is InChI=1S/C16H22ClNO/c1-11(15(19)16(2,3)4)18-10-6-8-12-7-5-9-13(17)14(12)18/h5,7,9,11H,6,8,10H2,1-4H3. The predicted octanol–water partition coefficient (Wildman–Crippen LogP) is 4.10. The molecular weight excluding hydrogens is 258 g/mol. The molecule has 104 valence electrons. The van der Waals surface area contributed by atoms with Gasteiger partial charge in [0.25, 0.3) is 0 Å². The van der Waals surface area contributed by atoms with E-state index in [2.05, 4.69) is 11.0 Å². The molecule has 2 nitrogen and oxygen atoms in total. The van der Waals surface area contributed by atoms with Crippen molar-refractivity contribution in [3.63, 3.8) is 0 Å². The lowest BCUT2D eigenvalue weighted by molar-refractivity contribution is -0.127. The predicted molar refractivity (Wildman–Crippen MR) is 81.0 cm³/mol. The minimum Gasteiger partial charge on any atom is -0.360 e. The Morgan fingerprint density at radius 2 is 2.05 bits per heavy atom. The van der Waals surface area contributed by atoms with Crippen molar-refractivity contribution in [1.29, 1.82) is 0 Å². The fourth-order valence-corrected chi connectivity index (χ4v) is 3.09. The highest BCUT2D eigenvalue weighted by Gasteiger charge is 2.33. The van der Waals surface area contributed by atoms with Gasteiger partial charge in [0, 0.05) is 12.0 Å². The van der Waals surface area contributed by atoms with Crippen molar-refractivity contribution in [3.05, 3.63) is 28.8 Å². The number of rotatable bonds is 2. The van der Waals surface area contributed by atoms with Gasteiger partial charge in [-0.15, -0.1) is 0 Å². The summed E-state index contributed by atoms with van der Waals surface area (Å²) < 4.78 is 0. The quantitative estimate of drug-likeness (QED) is 0.812. The van der Waals surface area contributed by atoms with E-state index in [1.54, 1.807) is 0 Å². The first-order chi connectivity index (χ1) is 8.82. The zero-order valence-electron chi connectivity index (χ0n) is 12.2. The molecule has 0 aromatic heterocycles. The fourth-order valence-electron chi connectivity index (χ4n) is 2.79. The summed E-state index contributed by atoms with van der Waals surface area (Å²) in [5, 5.41) is 0.755. The highest BCUT2D eigenvalue weighted by atomic mass is 35.5. The zero-order valence-corrected chi connectivity index (χ0v) is 12.9. The van der Waals surface area contributed by atoms with Crippen LogP contribution in [0.1, 0.15) is 39.7 Å². The Morgan fingerprint density at radius 1 is 1.37 bits per heavy atom. The van der Waals surface area contributed by atoms with Crippen LogP contribution < -0.4 is 4.90 Å². The maximum atomic E-state index is 12.5. The van der Waals surface area contributed by atoms with Gasteiger partial charge >= 0.3 is 0 Å². The van der Waals surface area contributed by atoms with Gasteiger partial charge in [-0.3, -0.25) is 4.79 Å². The Balaban J connectivity index is 2.36. The average molecular weight is 280 g/mol. The topological polar surface area (TPSA) is 20.3 Å². The lowest BCUT2D eigenvalue weighted by atomic mass is 9.85. The summed E-state index contributed by atoms with van der Waals surface area (Å²) in [6.45, 7) is 8.82. The molecule has 2 rings (SSSR count). The summed E-state index contributed by atoms with van der Waals surface area (Å²) >= 11 is 6.35. The van der Waals surface area contributed by atoms with Crippen molar-refractivity contribution in [2.75, 3.05) is 11.4 Å². The summed E-state index contributed by atoms with van der Waals surface area (Å²) in [7, 11) is 0. The fraction of sp³-hybridized carbons (Fsp3) is 0.562. The molecule has 0 saturated carbocycles. The van der Waals surface area contributed by atoms with E-state index in [1.807, 2.05) is 39.8 Å². The van der Waals surface area contributed by atoms with Gasteiger partial charge in [0.2, 0.25) is 0 Å². The number of anilines is 1. The van der Waals surface area contributed by atoms with Gasteiger partial charge in [-0.05, 0) is 31.4 Å². The average Bonchev–Trinajstić information content (AvgIpc) is 2.35. The van der Waals surface area contributed by atoms with Crippen LogP contribution in [0.5, 0.6) is 0 Å². The number of nitrogens with zero attached hydrogens (tertiary/aromatic N) is 1. The van der Waals surface area contributed by atoms with Crippen molar-refractivity contribution in [3.8, 4) is 0 Å². The molecule has 19 heavy (non-hydrogen) atoms. The maximum absolute atomic E-state index is 12.5. The molecule has 1 unspecified atom stereocenters. The molecule has 1 aliphatic heterocycles. The van der Waals surface area contributed by atoms with Crippen molar-refractivity contribution in [1.82, 2.24) is 0 Å². The Hall–Kier alpha value is -1.02. The number of hydrogen-bond donors (Lipinski definition) is 0. The van der Waals surface area contributed by atoms with Gasteiger partial charge in [0.1, 0.15) is 0 Å². The number of fused-ring (bicyclic) bond motifs is 1. The Labute approximate surface area is 120 Å². The smallest absolute Gasteiger partial charge is 0.160 e. The van der Waals surface area contributed by atoms with E-state index in [-0.39, 0.29) is 17.2 Å². The summed E-state index contributed by atoms with van der Waals surface area (Å²) in [4.78, 5) is 14.7. The monoisotopic (exact) mass is 279 g/mol. The van der Waals surface area contributed by atoms with E-state index in [9.17, 15) is 4.79 Å². The van der Waals surface area contributed by atoms with Crippen molar-refractivity contribution in [2.45, 2.75) is 46.6 Å². The number of carbonyl (C=O) groups excluding carboxylic acids is 1. The van der Waals surface area contributed by atoms with Crippen LogP contribution in [0.4, 0.5) is 5.69 Å². The molecule has 1 atom stereocenters. The van der Waals surface area contributed by atoms with Crippen LogP contribution in [0.15, 0.2) is 18.2 Å². The Kier molecular flexibility index (Phi) is 3.91. The van der Waals surface area contributed by atoms with Gasteiger partial charge in [-0.1, -0.05) is 44.5 Å². The first kappa shape index (κ1) is 14.4. The van der Waals surface area contributed by atoms with E-state index >= 15 is 0 Å². The van der Waals surface area contributed by atoms with Crippen LogP contribution >= 0.6 is 11.6 Å². The number of aryl methyl sites for hydroxylation is 1. The van der Waals surface area contributed by atoms with E-state index in [0.717, 1.165) is 30.1 Å². The summed E-state index contributed by atoms with van der Waals surface area (Å²) in [6.07, 6.45) is 2.12. The highest BCUT2D eigenvalue weighted by Crippen LogP contribution is 2.36. The third-order valence-electron chi connectivity index (χ3n) is 3.79. The molecule has 3 heteroatoms. The maximum Gasteiger partial charge on any atom is 0.160 e. The van der Waals surface area contributed by atoms with Crippen LogP contribution in [-0.2, 0) is 11.2 Å². The summed E-state index contributed by atoms with van der Waals surface area (Å²) in [5.41, 5.74) is 1.99. The first-order valence-corrected chi connectivity index (χ1v) is 7.28. The molecule has 1 aromatic carbocycles. The van der Waals surface area contributed by atoms with Crippen LogP contribution in [0, 0.1) is 5.41 Å². The lowest BCUT2D eigenvalue weighted by Crippen LogP contribution is -2.46. The summed E-state index contributed by atoms with van der Waals surface area (Å²) in [6, 6.07) is 5.88. The molecule has 0 fully saturated rings. The first-order valence-electron chi connectivity index (χ1n) is 6.90. The summed E-state index contributed by atoms with van der Waals surface area (Å²) in [5.74, 6) is 0.264. The number of halogens is 1. The van der Waals surface area contributed by atoms with Crippen molar-refractivity contribution in [2.24, 2.45) is 5.41 Å². The number of benzene rings is 1. The van der Waals surface area contributed by atoms with Gasteiger partial charge in [-0.2, -0.15) is 0 Å². The van der Waals surface area contributed by atoms with Crippen LogP contribution in [0.25, 0.3) is 0 Å². The molecule has 0 spiro atoms. The number of hydrogen-bond acceptors (Lipinski definition) is 2. The van der Waals surface area contributed by atoms with Crippen molar-refractivity contribution >= 4 is 23.1 Å². The number of ketones is 1. The van der Waals surface area contributed by atoms with E-state index in [0.29, 0.717) is 0 Å². The third-order valence-corrected chi connectivity index (χ3v) is 4.09. The largest absolute Gasteiger partial charge is 0.360 e. The number of carbonyl (C=O) groups is 1. The minimum absolute atomic E-state index is 0.126. The zero-order chi connectivity index (χ0) is 14.2. The molecular formula is C16H22ClNO. The molecule has 0 N–H and O–H groups in total. The second-order valence-corrected chi connectivity index (χ2v) is 6.74. The molecule has 0 amide bonds. The van der Waals surface area contributed by atoms with Gasteiger partial charge in [-0.25, -0.2) is 0 Å². The van der Waals surface area contributed by atoms with E-state index in [4.69, 9.17) is 11.6 Å². The second kappa shape index (κ2) is 5.16. The van der Waals surface area contributed by atoms with Gasteiger partial charge < -0.3 is 4.90 Å². The molecule has 0 radical (unpaired) electrons. The van der Waals surface area contributed by atoms with Crippen molar-refractivity contribution < 1.29 is 4.79 Å². The minimum atomic E-state index is -0.321. The van der Waals surface area contributed by atoms with Crippen LogP contribution in [0.2, 0.25) is 5.02 Å². The van der Waals surface area contributed by atoms with Gasteiger partial charge in [0.15, 0.2) is 5.78 Å². The highest BCUT2D eigenvalue weighted by molar-refractivity contribution is 6.33. The molecule has 0 bridgehead atoms. The molecule has 1 heterocycles. The molecule has 0 saturated heterocycles. The SMILES string of the molecule is CC(C(=O)C(C)(C)C)N1CCCc2cccc(Cl)c21. The molecule has 0 aliphatic carbocycles. The Morgan fingerprint density at radius 3 is 2.68 bits per heavy atom. The van der Waals surface area contributed by atoms with Crippen LogP contribution in [-0.4, -0.2) is 18.4 Å². The lowest BCUT2D eigenvalue weighted by Gasteiger charge is -2.38. The molecule has 1 aliphatic rings. The van der Waals surface area contributed by atoms with Crippen LogP contribution in [0.3, 0.4) is 0 Å². The van der Waals surface area contributed by atoms with E-state index < -0.39 is 0 Å². The molecule has 1 aromatic rings. The van der Waals surface area contributed by atoms with E-state index in [1.165, 1.54) is 5.56 Å². The second-order valence-electron chi connectivity index (χ2n) is 6.33.